The summed E-state index contributed by atoms with van der Waals surface area (Å²) in [5.41, 5.74) is 1.53. The van der Waals surface area contributed by atoms with E-state index >= 15 is 0 Å². The molecule has 1 unspecified atom stereocenters. The lowest BCUT2D eigenvalue weighted by atomic mass is 10.0. The number of rotatable bonds is 4. The second-order valence-electron chi connectivity index (χ2n) is 4.24. The highest BCUT2D eigenvalue weighted by atomic mass is 35.5. The van der Waals surface area contributed by atoms with Crippen molar-refractivity contribution in [1.82, 2.24) is 0 Å². The fourth-order valence-electron chi connectivity index (χ4n) is 1.86. The maximum Gasteiger partial charge on any atom is 0.141 e. The van der Waals surface area contributed by atoms with Gasteiger partial charge in [-0.3, -0.25) is 0 Å². The highest BCUT2D eigenvalue weighted by molar-refractivity contribution is 6.30. The van der Waals surface area contributed by atoms with E-state index in [-0.39, 0.29) is 5.02 Å². The van der Waals surface area contributed by atoms with Crippen molar-refractivity contribution in [2.45, 2.75) is 12.5 Å². The molecule has 2 aromatic rings. The van der Waals surface area contributed by atoms with Crippen molar-refractivity contribution in [3.8, 4) is 5.75 Å². The van der Waals surface area contributed by atoms with Crippen LogP contribution in [0.25, 0.3) is 0 Å². The summed E-state index contributed by atoms with van der Waals surface area (Å²) in [5, 5.41) is 10.1. The van der Waals surface area contributed by atoms with Crippen molar-refractivity contribution in [2.24, 2.45) is 0 Å². The molecular weight excluding hydrogens is 267 g/mol. The third-order valence-electron chi connectivity index (χ3n) is 2.89. The molecule has 2 nitrogen and oxygen atoms in total. The minimum Gasteiger partial charge on any atom is -0.497 e. The summed E-state index contributed by atoms with van der Waals surface area (Å²) < 4.78 is 18.2. The molecule has 2 aromatic carbocycles. The van der Waals surface area contributed by atoms with Gasteiger partial charge in [0, 0.05) is 6.42 Å². The lowest BCUT2D eigenvalue weighted by Crippen LogP contribution is -2.02. The van der Waals surface area contributed by atoms with Crippen molar-refractivity contribution >= 4 is 11.6 Å². The Morgan fingerprint density at radius 3 is 2.74 bits per heavy atom. The van der Waals surface area contributed by atoms with E-state index in [9.17, 15) is 9.50 Å². The first-order valence-corrected chi connectivity index (χ1v) is 6.24. The van der Waals surface area contributed by atoms with Gasteiger partial charge in [0.2, 0.25) is 0 Å². The van der Waals surface area contributed by atoms with Crippen LogP contribution in [0.15, 0.2) is 42.5 Å². The molecule has 0 heterocycles. The molecule has 0 fully saturated rings. The second kappa shape index (κ2) is 6.04. The van der Waals surface area contributed by atoms with Gasteiger partial charge in [0.05, 0.1) is 18.2 Å². The third kappa shape index (κ3) is 3.46. The van der Waals surface area contributed by atoms with E-state index in [1.165, 1.54) is 18.2 Å². The molecule has 19 heavy (non-hydrogen) atoms. The SMILES string of the molecule is COc1cccc(CC(O)c2ccc(F)c(Cl)c2)c1. The Morgan fingerprint density at radius 2 is 2.05 bits per heavy atom. The molecule has 0 amide bonds. The number of hydrogen-bond donors (Lipinski definition) is 1. The van der Waals surface area contributed by atoms with Crippen LogP contribution >= 0.6 is 11.6 Å². The Kier molecular flexibility index (Phi) is 4.40. The Hall–Kier alpha value is -1.58. The zero-order valence-corrected chi connectivity index (χ0v) is 11.2. The summed E-state index contributed by atoms with van der Waals surface area (Å²) >= 11 is 5.70. The number of methoxy groups -OCH3 is 1. The molecule has 1 N–H and O–H groups in total. The van der Waals surface area contributed by atoms with E-state index in [1.54, 1.807) is 7.11 Å². The second-order valence-corrected chi connectivity index (χ2v) is 4.65. The van der Waals surface area contributed by atoms with Crippen molar-refractivity contribution in [1.29, 1.82) is 0 Å². The molecule has 0 aliphatic rings. The first-order valence-electron chi connectivity index (χ1n) is 5.86. The van der Waals surface area contributed by atoms with Gasteiger partial charge in [-0.05, 0) is 35.4 Å². The van der Waals surface area contributed by atoms with Gasteiger partial charge in [-0.15, -0.1) is 0 Å². The molecular formula is C15H14ClFO2. The summed E-state index contributed by atoms with van der Waals surface area (Å²) in [7, 11) is 1.59. The number of aliphatic hydroxyl groups is 1. The minimum atomic E-state index is -0.731. The fraction of sp³-hybridized carbons (Fsp3) is 0.200. The molecule has 0 bridgehead atoms. The molecule has 0 saturated heterocycles. The lowest BCUT2D eigenvalue weighted by molar-refractivity contribution is 0.178. The van der Waals surface area contributed by atoms with Crippen molar-refractivity contribution in [2.75, 3.05) is 7.11 Å². The average molecular weight is 281 g/mol. The number of benzene rings is 2. The monoisotopic (exact) mass is 280 g/mol. The molecule has 100 valence electrons. The van der Waals surface area contributed by atoms with Gasteiger partial charge in [-0.1, -0.05) is 29.8 Å². The quantitative estimate of drug-likeness (QED) is 0.924. The highest BCUT2D eigenvalue weighted by Crippen LogP contribution is 2.24. The smallest absolute Gasteiger partial charge is 0.141 e. The molecule has 0 aromatic heterocycles. The summed E-state index contributed by atoms with van der Waals surface area (Å²) in [6.07, 6.45) is -0.315. The van der Waals surface area contributed by atoms with Crippen LogP contribution in [0.3, 0.4) is 0 Å². The normalized spacial score (nSPS) is 12.2. The van der Waals surface area contributed by atoms with Gasteiger partial charge in [-0.25, -0.2) is 4.39 Å². The van der Waals surface area contributed by atoms with Gasteiger partial charge in [0.1, 0.15) is 11.6 Å². The molecule has 0 aliphatic carbocycles. The predicted molar refractivity (Wildman–Crippen MR) is 73.1 cm³/mol. The van der Waals surface area contributed by atoms with Crippen molar-refractivity contribution < 1.29 is 14.2 Å². The van der Waals surface area contributed by atoms with E-state index in [2.05, 4.69) is 0 Å². The topological polar surface area (TPSA) is 29.5 Å². The van der Waals surface area contributed by atoms with Gasteiger partial charge >= 0.3 is 0 Å². The van der Waals surface area contributed by atoms with Crippen LogP contribution in [0, 0.1) is 5.82 Å². The summed E-state index contributed by atoms with van der Waals surface area (Å²) in [5.74, 6) is 0.251. The average Bonchev–Trinajstić information content (AvgIpc) is 2.42. The van der Waals surface area contributed by atoms with Gasteiger partial charge in [0.25, 0.3) is 0 Å². The maximum atomic E-state index is 13.1. The van der Waals surface area contributed by atoms with Crippen LogP contribution in [0.2, 0.25) is 5.02 Å². The summed E-state index contributed by atoms with van der Waals surface area (Å²) in [6.45, 7) is 0. The van der Waals surface area contributed by atoms with Gasteiger partial charge in [0.15, 0.2) is 0 Å². The summed E-state index contributed by atoms with van der Waals surface area (Å²) in [4.78, 5) is 0. The summed E-state index contributed by atoms with van der Waals surface area (Å²) in [6, 6.07) is 11.7. The maximum absolute atomic E-state index is 13.1. The van der Waals surface area contributed by atoms with Crippen LogP contribution < -0.4 is 4.74 Å². The van der Waals surface area contributed by atoms with Crippen LogP contribution in [0.5, 0.6) is 5.75 Å². The Balaban J connectivity index is 2.15. The molecule has 2 rings (SSSR count). The zero-order valence-electron chi connectivity index (χ0n) is 10.4. The van der Waals surface area contributed by atoms with Crippen LogP contribution in [-0.4, -0.2) is 12.2 Å². The largest absolute Gasteiger partial charge is 0.497 e. The standard InChI is InChI=1S/C15H14ClFO2/c1-19-12-4-2-3-10(7-12)8-15(18)11-5-6-14(17)13(16)9-11/h2-7,9,15,18H,8H2,1H3. The zero-order chi connectivity index (χ0) is 13.8. The molecule has 0 saturated carbocycles. The molecule has 0 radical (unpaired) electrons. The molecule has 0 aliphatic heterocycles. The Morgan fingerprint density at radius 1 is 1.26 bits per heavy atom. The van der Waals surface area contributed by atoms with Crippen LogP contribution in [0.4, 0.5) is 4.39 Å². The van der Waals surface area contributed by atoms with Gasteiger partial charge < -0.3 is 9.84 Å². The van der Waals surface area contributed by atoms with Crippen molar-refractivity contribution in [3.05, 3.63) is 64.4 Å². The molecule has 1 atom stereocenters. The number of halogens is 2. The minimum absolute atomic E-state index is 0.0159. The molecule has 4 heteroatoms. The lowest BCUT2D eigenvalue weighted by Gasteiger charge is -2.12. The molecule has 0 spiro atoms. The predicted octanol–water partition coefficient (Wildman–Crippen LogP) is 3.76. The highest BCUT2D eigenvalue weighted by Gasteiger charge is 2.11. The van der Waals surface area contributed by atoms with Crippen molar-refractivity contribution in [3.63, 3.8) is 0 Å². The van der Waals surface area contributed by atoms with E-state index in [0.29, 0.717) is 12.0 Å². The number of hydrogen-bond acceptors (Lipinski definition) is 2. The van der Waals surface area contributed by atoms with E-state index in [1.807, 2.05) is 24.3 Å². The van der Waals surface area contributed by atoms with Crippen LogP contribution in [0.1, 0.15) is 17.2 Å². The first-order chi connectivity index (χ1) is 9.10. The fourth-order valence-corrected chi connectivity index (χ4v) is 2.05. The number of ether oxygens (including phenoxy) is 1. The van der Waals surface area contributed by atoms with Crippen LogP contribution in [-0.2, 0) is 6.42 Å². The number of aliphatic hydroxyl groups excluding tert-OH is 1. The first kappa shape index (κ1) is 13.8. The van der Waals surface area contributed by atoms with E-state index in [0.717, 1.165) is 11.3 Å². The Bertz CT molecular complexity index is 572. The van der Waals surface area contributed by atoms with E-state index < -0.39 is 11.9 Å². The van der Waals surface area contributed by atoms with E-state index in [4.69, 9.17) is 16.3 Å². The van der Waals surface area contributed by atoms with Gasteiger partial charge in [-0.2, -0.15) is 0 Å². The third-order valence-corrected chi connectivity index (χ3v) is 3.18. The Labute approximate surface area is 116 Å².